The van der Waals surface area contributed by atoms with Gasteiger partial charge in [0.05, 0.1) is 31.4 Å². The molecule has 1 amide bonds. The van der Waals surface area contributed by atoms with E-state index in [2.05, 4.69) is 18.7 Å². The molecule has 0 radical (unpaired) electrons. The van der Waals surface area contributed by atoms with E-state index in [1.807, 2.05) is 56.3 Å². The zero-order valence-corrected chi connectivity index (χ0v) is 22.7. The molecule has 0 aromatic heterocycles. The van der Waals surface area contributed by atoms with E-state index in [1.54, 1.807) is 18.2 Å². The standard InChI is InChI=1S/C31H34N2O5/c1-7-32(8-2)22-14-12-21(13-15-22)28-27(29(34)24-17-16-23(37-5)18-26(24)38-6)30(35)31(36)33(28)25-11-9-10-19(3)20(25)4/h9-18,28,34H,7-8H2,1-6H3/b29-27+. The number of methoxy groups -OCH3 is 2. The van der Waals surface area contributed by atoms with Crippen LogP contribution < -0.4 is 19.3 Å². The third kappa shape index (κ3) is 4.60. The van der Waals surface area contributed by atoms with Gasteiger partial charge < -0.3 is 19.5 Å². The quantitative estimate of drug-likeness (QED) is 0.233. The van der Waals surface area contributed by atoms with Crippen LogP contribution in [0.25, 0.3) is 5.76 Å². The largest absolute Gasteiger partial charge is 0.507 e. The number of aliphatic hydroxyl groups is 1. The topological polar surface area (TPSA) is 79.3 Å². The molecule has 0 saturated carbocycles. The molecule has 3 aromatic carbocycles. The summed E-state index contributed by atoms with van der Waals surface area (Å²) in [6.07, 6.45) is 0. The second-order valence-electron chi connectivity index (χ2n) is 9.22. The molecule has 1 aliphatic rings. The molecule has 7 nitrogen and oxygen atoms in total. The third-order valence-electron chi connectivity index (χ3n) is 7.28. The minimum Gasteiger partial charge on any atom is -0.507 e. The summed E-state index contributed by atoms with van der Waals surface area (Å²) >= 11 is 0. The first-order valence-electron chi connectivity index (χ1n) is 12.7. The van der Waals surface area contributed by atoms with Gasteiger partial charge in [-0.25, -0.2) is 0 Å². The molecule has 0 aliphatic carbocycles. The number of benzene rings is 3. The van der Waals surface area contributed by atoms with Gasteiger partial charge in [0, 0.05) is 30.5 Å². The summed E-state index contributed by atoms with van der Waals surface area (Å²) < 4.78 is 10.8. The number of ether oxygens (including phenoxy) is 2. The van der Waals surface area contributed by atoms with Crippen LogP contribution in [0.3, 0.4) is 0 Å². The highest BCUT2D eigenvalue weighted by atomic mass is 16.5. The van der Waals surface area contributed by atoms with E-state index in [0.717, 1.165) is 35.5 Å². The normalized spacial score (nSPS) is 16.6. The first-order chi connectivity index (χ1) is 18.3. The molecule has 38 heavy (non-hydrogen) atoms. The summed E-state index contributed by atoms with van der Waals surface area (Å²) in [4.78, 5) is 30.9. The molecular formula is C31H34N2O5. The van der Waals surface area contributed by atoms with Gasteiger partial charge in [-0.1, -0.05) is 24.3 Å². The van der Waals surface area contributed by atoms with Gasteiger partial charge in [-0.3, -0.25) is 14.5 Å². The maximum absolute atomic E-state index is 13.6. The van der Waals surface area contributed by atoms with Crippen molar-refractivity contribution < 1.29 is 24.2 Å². The molecule has 1 N–H and O–H groups in total. The first kappa shape index (κ1) is 26.8. The molecule has 198 valence electrons. The second-order valence-corrected chi connectivity index (χ2v) is 9.22. The predicted molar refractivity (Wildman–Crippen MR) is 150 cm³/mol. The number of anilines is 2. The highest BCUT2D eigenvalue weighted by Crippen LogP contribution is 2.45. The van der Waals surface area contributed by atoms with Gasteiger partial charge in [0.1, 0.15) is 17.3 Å². The number of rotatable bonds is 8. The van der Waals surface area contributed by atoms with E-state index in [1.165, 1.54) is 19.1 Å². The molecule has 0 bridgehead atoms. The molecule has 1 atom stereocenters. The van der Waals surface area contributed by atoms with Crippen LogP contribution in [-0.2, 0) is 9.59 Å². The third-order valence-corrected chi connectivity index (χ3v) is 7.28. The minimum absolute atomic E-state index is 0.00922. The molecule has 0 spiro atoms. The number of ketones is 1. The summed E-state index contributed by atoms with van der Waals surface area (Å²) in [6.45, 7) is 9.79. The lowest BCUT2D eigenvalue weighted by Gasteiger charge is -2.28. The lowest BCUT2D eigenvalue weighted by molar-refractivity contribution is -0.132. The average molecular weight is 515 g/mol. The van der Waals surface area contributed by atoms with Crippen LogP contribution in [0.1, 0.15) is 42.1 Å². The van der Waals surface area contributed by atoms with Crippen LogP contribution in [0, 0.1) is 13.8 Å². The van der Waals surface area contributed by atoms with E-state index in [4.69, 9.17) is 9.47 Å². The molecular weight excluding hydrogens is 480 g/mol. The monoisotopic (exact) mass is 514 g/mol. The fourth-order valence-electron chi connectivity index (χ4n) is 4.99. The van der Waals surface area contributed by atoms with E-state index < -0.39 is 17.7 Å². The Morgan fingerprint density at radius 3 is 2.24 bits per heavy atom. The highest BCUT2D eigenvalue weighted by molar-refractivity contribution is 6.51. The Hall–Kier alpha value is -4.26. The lowest BCUT2D eigenvalue weighted by Crippen LogP contribution is -2.30. The molecule has 1 aliphatic heterocycles. The Kier molecular flexibility index (Phi) is 7.76. The van der Waals surface area contributed by atoms with Crippen LogP contribution in [0.15, 0.2) is 66.2 Å². The van der Waals surface area contributed by atoms with Gasteiger partial charge in [0.25, 0.3) is 11.7 Å². The number of aliphatic hydroxyl groups excluding tert-OH is 1. The van der Waals surface area contributed by atoms with Crippen molar-refractivity contribution in [1.29, 1.82) is 0 Å². The van der Waals surface area contributed by atoms with Crippen LogP contribution in [0.5, 0.6) is 11.5 Å². The Bertz CT molecular complexity index is 1390. The van der Waals surface area contributed by atoms with Gasteiger partial charge in [0.2, 0.25) is 0 Å². The fourth-order valence-corrected chi connectivity index (χ4v) is 4.99. The van der Waals surface area contributed by atoms with E-state index in [-0.39, 0.29) is 11.3 Å². The predicted octanol–water partition coefficient (Wildman–Crippen LogP) is 5.79. The second kappa shape index (κ2) is 11.0. The molecule has 1 heterocycles. The maximum Gasteiger partial charge on any atom is 0.300 e. The van der Waals surface area contributed by atoms with Gasteiger partial charge in [-0.15, -0.1) is 0 Å². The SMILES string of the molecule is CCN(CC)c1ccc(C2/C(=C(\O)c3ccc(OC)cc3OC)C(=O)C(=O)N2c2cccc(C)c2C)cc1. The van der Waals surface area contributed by atoms with Crippen molar-refractivity contribution in [3.05, 3.63) is 88.5 Å². The van der Waals surface area contributed by atoms with E-state index >= 15 is 0 Å². The van der Waals surface area contributed by atoms with Crippen LogP contribution in [-0.4, -0.2) is 44.1 Å². The van der Waals surface area contributed by atoms with Crippen LogP contribution in [0.4, 0.5) is 11.4 Å². The summed E-state index contributed by atoms with van der Waals surface area (Å²) in [6, 6.07) is 17.6. The summed E-state index contributed by atoms with van der Waals surface area (Å²) in [5.41, 5.74) is 4.59. The Morgan fingerprint density at radius 2 is 1.63 bits per heavy atom. The summed E-state index contributed by atoms with van der Waals surface area (Å²) in [7, 11) is 3.01. The summed E-state index contributed by atoms with van der Waals surface area (Å²) in [5.74, 6) is -0.869. The first-order valence-corrected chi connectivity index (χ1v) is 12.7. The Morgan fingerprint density at radius 1 is 0.947 bits per heavy atom. The van der Waals surface area contributed by atoms with Gasteiger partial charge in [-0.2, -0.15) is 0 Å². The molecule has 4 rings (SSSR count). The molecule has 1 fully saturated rings. The van der Waals surface area contributed by atoms with Crippen molar-refractivity contribution >= 4 is 28.8 Å². The van der Waals surface area contributed by atoms with Gasteiger partial charge >= 0.3 is 0 Å². The smallest absolute Gasteiger partial charge is 0.300 e. The van der Waals surface area contributed by atoms with Crippen molar-refractivity contribution in [2.75, 3.05) is 37.1 Å². The van der Waals surface area contributed by atoms with Gasteiger partial charge in [-0.05, 0) is 74.7 Å². The average Bonchev–Trinajstić information content (AvgIpc) is 3.20. The minimum atomic E-state index is -0.826. The van der Waals surface area contributed by atoms with Gasteiger partial charge in [0.15, 0.2) is 0 Å². The van der Waals surface area contributed by atoms with Crippen molar-refractivity contribution in [2.45, 2.75) is 33.7 Å². The number of hydrogen-bond donors (Lipinski definition) is 1. The van der Waals surface area contributed by atoms with E-state index in [9.17, 15) is 14.7 Å². The number of Topliss-reactive ketones (excluding diaryl/α,β-unsaturated/α-hetero) is 1. The Balaban J connectivity index is 1.96. The molecule has 3 aromatic rings. The fraction of sp³-hybridized carbons (Fsp3) is 0.290. The maximum atomic E-state index is 13.6. The van der Waals surface area contributed by atoms with Crippen LogP contribution >= 0.6 is 0 Å². The van der Waals surface area contributed by atoms with Crippen molar-refractivity contribution in [3.63, 3.8) is 0 Å². The summed E-state index contributed by atoms with van der Waals surface area (Å²) in [5, 5.41) is 11.6. The number of hydrogen-bond acceptors (Lipinski definition) is 6. The van der Waals surface area contributed by atoms with Crippen LogP contribution in [0.2, 0.25) is 0 Å². The Labute approximate surface area is 223 Å². The molecule has 1 unspecified atom stereocenters. The van der Waals surface area contributed by atoms with Crippen molar-refractivity contribution in [2.24, 2.45) is 0 Å². The van der Waals surface area contributed by atoms with E-state index in [0.29, 0.717) is 22.7 Å². The highest BCUT2D eigenvalue weighted by Gasteiger charge is 2.47. The number of nitrogens with zero attached hydrogens (tertiary/aromatic N) is 2. The zero-order chi connectivity index (χ0) is 27.6. The lowest BCUT2D eigenvalue weighted by atomic mass is 9.94. The van der Waals surface area contributed by atoms with Crippen molar-refractivity contribution in [3.8, 4) is 11.5 Å². The number of aryl methyl sites for hydroxylation is 1. The number of carbonyl (C=O) groups excluding carboxylic acids is 2. The number of amides is 1. The molecule has 1 saturated heterocycles. The zero-order valence-electron chi connectivity index (χ0n) is 22.7. The number of carbonyl (C=O) groups is 2. The molecule has 7 heteroatoms. The van der Waals surface area contributed by atoms with Crippen molar-refractivity contribution in [1.82, 2.24) is 0 Å².